The third-order valence-electron chi connectivity index (χ3n) is 1.80. The van der Waals surface area contributed by atoms with E-state index in [0.717, 1.165) is 5.76 Å². The van der Waals surface area contributed by atoms with E-state index in [0.29, 0.717) is 19.1 Å². The van der Waals surface area contributed by atoms with Gasteiger partial charge in [0.15, 0.2) is 5.96 Å². The normalized spacial score (nSPS) is 13.9. The molecule has 5 nitrogen and oxygen atoms in total. The molecule has 0 aromatic carbocycles. The van der Waals surface area contributed by atoms with Crippen molar-refractivity contribution in [3.8, 4) is 0 Å². The Morgan fingerprint density at radius 3 is 3.13 bits per heavy atom. The van der Waals surface area contributed by atoms with Crippen LogP contribution < -0.4 is 11.1 Å². The molecule has 0 radical (unpaired) electrons. The maximum atomic E-state index is 5.66. The van der Waals surface area contributed by atoms with Gasteiger partial charge in [0, 0.05) is 13.2 Å². The molecule has 0 unspecified atom stereocenters. The van der Waals surface area contributed by atoms with Crippen LogP contribution in [0, 0.1) is 0 Å². The van der Waals surface area contributed by atoms with Crippen LogP contribution in [0.15, 0.2) is 27.8 Å². The number of rotatable bonds is 5. The van der Waals surface area contributed by atoms with Crippen LogP contribution in [0.2, 0.25) is 0 Å². The number of hydrogen-bond acceptors (Lipinski definition) is 3. The Labute approximate surface area is 89.3 Å². The van der Waals surface area contributed by atoms with Gasteiger partial charge in [-0.25, -0.2) is 4.99 Å². The lowest BCUT2D eigenvalue weighted by Crippen LogP contribution is -2.40. The maximum absolute atomic E-state index is 5.66. The summed E-state index contributed by atoms with van der Waals surface area (Å²) in [4.78, 5) is 4.12. The number of aliphatic imine (C=N–C) groups is 1. The lowest BCUT2D eigenvalue weighted by molar-refractivity contribution is 0.179. The molecular weight excluding hydrogens is 194 g/mol. The number of methoxy groups -OCH3 is 1. The standard InChI is InChI=1S/C10H17N3O2/c1-8(7-14-2)13-10(11)12-6-9-4-3-5-15-9/h3-5,8H,6-7H2,1-2H3,(H3,11,12,13)/t8-/m0/s1. The summed E-state index contributed by atoms with van der Waals surface area (Å²) in [6.07, 6.45) is 1.61. The van der Waals surface area contributed by atoms with Gasteiger partial charge in [-0.2, -0.15) is 0 Å². The molecule has 84 valence electrons. The fourth-order valence-electron chi connectivity index (χ4n) is 1.16. The molecule has 0 bridgehead atoms. The summed E-state index contributed by atoms with van der Waals surface area (Å²) in [5.74, 6) is 1.19. The summed E-state index contributed by atoms with van der Waals surface area (Å²) in [7, 11) is 1.65. The zero-order valence-corrected chi connectivity index (χ0v) is 9.06. The van der Waals surface area contributed by atoms with E-state index in [9.17, 15) is 0 Å². The van der Waals surface area contributed by atoms with Gasteiger partial charge >= 0.3 is 0 Å². The Kier molecular flexibility index (Phi) is 4.70. The van der Waals surface area contributed by atoms with Crippen molar-refractivity contribution in [3.63, 3.8) is 0 Å². The van der Waals surface area contributed by atoms with Crippen LogP contribution in [0.5, 0.6) is 0 Å². The molecule has 0 saturated heterocycles. The first kappa shape index (κ1) is 11.6. The van der Waals surface area contributed by atoms with Gasteiger partial charge in [0.05, 0.1) is 12.9 Å². The number of guanidine groups is 1. The zero-order chi connectivity index (χ0) is 11.1. The first-order chi connectivity index (χ1) is 7.22. The monoisotopic (exact) mass is 211 g/mol. The summed E-state index contributed by atoms with van der Waals surface area (Å²) in [6.45, 7) is 3.02. The minimum atomic E-state index is 0.148. The van der Waals surface area contributed by atoms with Gasteiger partial charge in [0.1, 0.15) is 12.3 Å². The van der Waals surface area contributed by atoms with E-state index >= 15 is 0 Å². The fraction of sp³-hybridized carbons (Fsp3) is 0.500. The van der Waals surface area contributed by atoms with Crippen molar-refractivity contribution in [2.24, 2.45) is 10.7 Å². The topological polar surface area (TPSA) is 72.8 Å². The number of nitrogens with zero attached hydrogens (tertiary/aromatic N) is 1. The Hall–Kier alpha value is -1.49. The highest BCUT2D eigenvalue weighted by atomic mass is 16.5. The van der Waals surface area contributed by atoms with Gasteiger partial charge in [-0.1, -0.05) is 0 Å². The molecule has 0 amide bonds. The SMILES string of the molecule is COC[C@H](C)NC(N)=NCc1ccco1. The largest absolute Gasteiger partial charge is 0.467 e. The van der Waals surface area contributed by atoms with Crippen molar-refractivity contribution in [3.05, 3.63) is 24.2 Å². The molecule has 5 heteroatoms. The third kappa shape index (κ3) is 4.51. The smallest absolute Gasteiger partial charge is 0.189 e. The average molecular weight is 211 g/mol. The Morgan fingerprint density at radius 2 is 2.53 bits per heavy atom. The zero-order valence-electron chi connectivity index (χ0n) is 9.06. The first-order valence-electron chi connectivity index (χ1n) is 4.80. The second-order valence-corrected chi connectivity index (χ2v) is 3.28. The van der Waals surface area contributed by atoms with Gasteiger partial charge < -0.3 is 20.2 Å². The molecular formula is C10H17N3O2. The molecule has 0 aliphatic heterocycles. The van der Waals surface area contributed by atoms with E-state index < -0.39 is 0 Å². The van der Waals surface area contributed by atoms with Crippen molar-refractivity contribution in [2.45, 2.75) is 19.5 Å². The van der Waals surface area contributed by atoms with Gasteiger partial charge in [-0.15, -0.1) is 0 Å². The lowest BCUT2D eigenvalue weighted by atomic mass is 10.4. The molecule has 1 heterocycles. The fourth-order valence-corrected chi connectivity index (χ4v) is 1.16. The molecule has 0 fully saturated rings. The van der Waals surface area contributed by atoms with Gasteiger partial charge in [0.25, 0.3) is 0 Å². The van der Waals surface area contributed by atoms with Crippen molar-refractivity contribution < 1.29 is 9.15 Å². The van der Waals surface area contributed by atoms with E-state index in [1.807, 2.05) is 19.1 Å². The molecule has 0 saturated carbocycles. The number of nitrogens with two attached hydrogens (primary N) is 1. The van der Waals surface area contributed by atoms with E-state index in [1.165, 1.54) is 0 Å². The number of hydrogen-bond donors (Lipinski definition) is 2. The van der Waals surface area contributed by atoms with E-state index in [-0.39, 0.29) is 6.04 Å². The number of nitrogens with one attached hydrogen (secondary N) is 1. The highest BCUT2D eigenvalue weighted by Gasteiger charge is 2.01. The molecule has 0 aliphatic rings. The van der Waals surface area contributed by atoms with Crippen molar-refractivity contribution in [1.82, 2.24) is 5.32 Å². The predicted molar refractivity (Wildman–Crippen MR) is 58.5 cm³/mol. The molecule has 15 heavy (non-hydrogen) atoms. The molecule has 3 N–H and O–H groups in total. The molecule has 1 aromatic heterocycles. The van der Waals surface area contributed by atoms with Crippen LogP contribution in [0.1, 0.15) is 12.7 Å². The van der Waals surface area contributed by atoms with Crippen LogP contribution in [-0.4, -0.2) is 25.7 Å². The summed E-state index contributed by atoms with van der Waals surface area (Å²) in [5.41, 5.74) is 5.66. The van der Waals surface area contributed by atoms with Crippen LogP contribution in [-0.2, 0) is 11.3 Å². The summed E-state index contributed by atoms with van der Waals surface area (Å²) in [6, 6.07) is 3.83. The lowest BCUT2D eigenvalue weighted by Gasteiger charge is -2.12. The van der Waals surface area contributed by atoms with Crippen LogP contribution in [0.3, 0.4) is 0 Å². The average Bonchev–Trinajstić information content (AvgIpc) is 2.67. The van der Waals surface area contributed by atoms with E-state index in [2.05, 4.69) is 10.3 Å². The van der Waals surface area contributed by atoms with Gasteiger partial charge in [-0.05, 0) is 19.1 Å². The van der Waals surface area contributed by atoms with Gasteiger partial charge in [-0.3, -0.25) is 0 Å². The molecule has 1 aromatic rings. The summed E-state index contributed by atoms with van der Waals surface area (Å²) >= 11 is 0. The van der Waals surface area contributed by atoms with E-state index in [1.54, 1.807) is 13.4 Å². The number of ether oxygens (including phenoxy) is 1. The quantitative estimate of drug-likeness (QED) is 0.556. The Bertz CT molecular complexity index is 296. The third-order valence-corrected chi connectivity index (χ3v) is 1.80. The molecule has 0 spiro atoms. The van der Waals surface area contributed by atoms with Crippen LogP contribution in [0.25, 0.3) is 0 Å². The Balaban J connectivity index is 2.33. The summed E-state index contributed by atoms with van der Waals surface area (Å²) in [5, 5.41) is 3.00. The highest BCUT2D eigenvalue weighted by molar-refractivity contribution is 5.78. The van der Waals surface area contributed by atoms with Gasteiger partial charge in [0.2, 0.25) is 0 Å². The second kappa shape index (κ2) is 6.08. The first-order valence-corrected chi connectivity index (χ1v) is 4.80. The van der Waals surface area contributed by atoms with Crippen molar-refractivity contribution in [1.29, 1.82) is 0 Å². The Morgan fingerprint density at radius 1 is 1.73 bits per heavy atom. The highest BCUT2D eigenvalue weighted by Crippen LogP contribution is 2.00. The minimum absolute atomic E-state index is 0.148. The van der Waals surface area contributed by atoms with E-state index in [4.69, 9.17) is 14.9 Å². The van der Waals surface area contributed by atoms with Crippen LogP contribution >= 0.6 is 0 Å². The second-order valence-electron chi connectivity index (χ2n) is 3.28. The number of furan rings is 1. The van der Waals surface area contributed by atoms with Crippen molar-refractivity contribution >= 4 is 5.96 Å². The van der Waals surface area contributed by atoms with Crippen LogP contribution in [0.4, 0.5) is 0 Å². The molecule has 0 aliphatic carbocycles. The molecule has 1 rings (SSSR count). The predicted octanol–water partition coefficient (Wildman–Crippen LogP) is 0.719. The summed E-state index contributed by atoms with van der Waals surface area (Å²) < 4.78 is 10.1. The maximum Gasteiger partial charge on any atom is 0.189 e. The molecule has 1 atom stereocenters. The van der Waals surface area contributed by atoms with Crippen molar-refractivity contribution in [2.75, 3.05) is 13.7 Å². The minimum Gasteiger partial charge on any atom is -0.467 e.